The standard InChI is InChI=1S/C12H22BNO4/c1-8(7-9(14)10(15)16-6)13-17-11(2,3)12(4,5)18-13/h9H,1,7,14H2,2-6H3. The highest BCUT2D eigenvalue weighted by Crippen LogP contribution is 2.38. The summed E-state index contributed by atoms with van der Waals surface area (Å²) in [6.07, 6.45) is 0.281. The molecule has 1 rings (SSSR count). The van der Waals surface area contributed by atoms with E-state index < -0.39 is 30.3 Å². The number of methoxy groups -OCH3 is 1. The lowest BCUT2D eigenvalue weighted by molar-refractivity contribution is -0.142. The fourth-order valence-corrected chi connectivity index (χ4v) is 1.62. The molecule has 5 nitrogen and oxygen atoms in total. The Morgan fingerprint density at radius 1 is 1.33 bits per heavy atom. The van der Waals surface area contributed by atoms with Crippen LogP contribution in [-0.2, 0) is 18.8 Å². The largest absolute Gasteiger partial charge is 0.490 e. The van der Waals surface area contributed by atoms with Crippen LogP contribution in [0.4, 0.5) is 0 Å². The Kier molecular flexibility index (Phi) is 4.25. The maximum atomic E-state index is 11.2. The lowest BCUT2D eigenvalue weighted by atomic mass is 9.76. The van der Waals surface area contributed by atoms with Gasteiger partial charge in [-0.15, -0.1) is 6.58 Å². The molecule has 1 saturated heterocycles. The summed E-state index contributed by atoms with van der Waals surface area (Å²) in [6.45, 7) is 11.7. The van der Waals surface area contributed by atoms with Crippen LogP contribution in [0.2, 0.25) is 0 Å². The number of hydrogen-bond acceptors (Lipinski definition) is 5. The topological polar surface area (TPSA) is 70.8 Å². The summed E-state index contributed by atoms with van der Waals surface area (Å²) in [5.74, 6) is -0.465. The molecule has 1 fully saturated rings. The summed E-state index contributed by atoms with van der Waals surface area (Å²) in [6, 6.07) is -0.735. The molecule has 0 aliphatic carbocycles. The first-order chi connectivity index (χ1) is 8.10. The Morgan fingerprint density at radius 2 is 1.78 bits per heavy atom. The zero-order valence-corrected chi connectivity index (χ0v) is 11.8. The van der Waals surface area contributed by atoms with E-state index in [1.807, 2.05) is 27.7 Å². The van der Waals surface area contributed by atoms with E-state index in [1.54, 1.807) is 0 Å². The van der Waals surface area contributed by atoms with E-state index in [0.29, 0.717) is 5.47 Å². The van der Waals surface area contributed by atoms with Gasteiger partial charge >= 0.3 is 13.1 Å². The molecule has 0 aromatic heterocycles. The molecule has 0 spiro atoms. The first kappa shape index (κ1) is 15.2. The smallest absolute Gasteiger partial charge is 0.468 e. The fourth-order valence-electron chi connectivity index (χ4n) is 1.62. The van der Waals surface area contributed by atoms with Gasteiger partial charge in [-0.2, -0.15) is 0 Å². The maximum absolute atomic E-state index is 11.2. The van der Waals surface area contributed by atoms with Crippen molar-refractivity contribution in [1.29, 1.82) is 0 Å². The maximum Gasteiger partial charge on any atom is 0.490 e. The van der Waals surface area contributed by atoms with Crippen LogP contribution in [0.25, 0.3) is 0 Å². The molecular weight excluding hydrogens is 233 g/mol. The molecule has 0 amide bonds. The highest BCUT2D eigenvalue weighted by Gasteiger charge is 2.52. The third kappa shape index (κ3) is 2.94. The lowest BCUT2D eigenvalue weighted by Gasteiger charge is -2.32. The van der Waals surface area contributed by atoms with Crippen molar-refractivity contribution in [2.24, 2.45) is 5.73 Å². The molecule has 1 heterocycles. The van der Waals surface area contributed by atoms with Crippen molar-refractivity contribution >= 4 is 13.1 Å². The number of carbonyl (C=O) groups excluding carboxylic acids is 1. The van der Waals surface area contributed by atoms with E-state index in [2.05, 4.69) is 11.3 Å². The molecule has 102 valence electrons. The van der Waals surface area contributed by atoms with Crippen molar-refractivity contribution < 1.29 is 18.8 Å². The van der Waals surface area contributed by atoms with Gasteiger partial charge in [0.15, 0.2) is 0 Å². The van der Waals surface area contributed by atoms with E-state index in [4.69, 9.17) is 15.0 Å². The first-order valence-corrected chi connectivity index (χ1v) is 5.97. The van der Waals surface area contributed by atoms with Crippen LogP contribution in [0.1, 0.15) is 34.1 Å². The van der Waals surface area contributed by atoms with Crippen LogP contribution in [0.3, 0.4) is 0 Å². The molecule has 0 radical (unpaired) electrons. The highest BCUT2D eigenvalue weighted by molar-refractivity contribution is 6.54. The summed E-state index contributed by atoms with van der Waals surface area (Å²) < 4.78 is 16.2. The molecule has 2 N–H and O–H groups in total. The van der Waals surface area contributed by atoms with Crippen LogP contribution in [0.5, 0.6) is 0 Å². The summed E-state index contributed by atoms with van der Waals surface area (Å²) in [4.78, 5) is 11.2. The summed E-state index contributed by atoms with van der Waals surface area (Å²) in [5.41, 5.74) is 5.49. The van der Waals surface area contributed by atoms with Gasteiger partial charge in [0.05, 0.1) is 18.3 Å². The molecule has 0 aromatic carbocycles. The summed E-state index contributed by atoms with van der Waals surface area (Å²) in [5, 5.41) is 0. The monoisotopic (exact) mass is 255 g/mol. The van der Waals surface area contributed by atoms with Crippen molar-refractivity contribution in [1.82, 2.24) is 0 Å². The van der Waals surface area contributed by atoms with Gasteiger partial charge in [-0.3, -0.25) is 4.79 Å². The zero-order valence-electron chi connectivity index (χ0n) is 11.8. The zero-order chi connectivity index (χ0) is 14.1. The molecule has 1 atom stereocenters. The van der Waals surface area contributed by atoms with Gasteiger partial charge in [0, 0.05) is 0 Å². The molecule has 0 saturated carbocycles. The van der Waals surface area contributed by atoms with E-state index in [1.165, 1.54) is 7.11 Å². The highest BCUT2D eigenvalue weighted by atomic mass is 16.7. The third-order valence-corrected chi connectivity index (χ3v) is 3.57. The van der Waals surface area contributed by atoms with Crippen molar-refractivity contribution in [3.05, 3.63) is 12.1 Å². The van der Waals surface area contributed by atoms with Crippen LogP contribution in [0, 0.1) is 0 Å². The minimum Gasteiger partial charge on any atom is -0.468 e. The van der Waals surface area contributed by atoms with Crippen molar-refractivity contribution in [2.45, 2.75) is 51.4 Å². The van der Waals surface area contributed by atoms with Gasteiger partial charge in [-0.1, -0.05) is 0 Å². The minimum atomic E-state index is -0.735. The molecule has 18 heavy (non-hydrogen) atoms. The average Bonchev–Trinajstić information content (AvgIpc) is 2.47. The number of nitrogens with two attached hydrogens (primary N) is 1. The Balaban J connectivity index is 2.63. The van der Waals surface area contributed by atoms with Crippen molar-refractivity contribution in [2.75, 3.05) is 7.11 Å². The Morgan fingerprint density at radius 3 is 2.17 bits per heavy atom. The van der Waals surface area contributed by atoms with Crippen LogP contribution >= 0.6 is 0 Å². The first-order valence-electron chi connectivity index (χ1n) is 5.97. The number of ether oxygens (including phenoxy) is 1. The van der Waals surface area contributed by atoms with Gasteiger partial charge in [-0.05, 0) is 39.6 Å². The lowest BCUT2D eigenvalue weighted by Crippen LogP contribution is -2.41. The predicted octanol–water partition coefficient (Wildman–Crippen LogP) is 1.06. The SMILES string of the molecule is C=C(CC(N)C(=O)OC)B1OC(C)(C)C(C)(C)O1. The second-order valence-electron chi connectivity index (χ2n) is 5.58. The van der Waals surface area contributed by atoms with Crippen LogP contribution < -0.4 is 5.73 Å². The number of hydrogen-bond donors (Lipinski definition) is 1. The minimum absolute atomic E-state index is 0.281. The van der Waals surface area contributed by atoms with Gasteiger partial charge < -0.3 is 19.8 Å². The molecule has 1 aliphatic rings. The molecule has 1 aliphatic heterocycles. The van der Waals surface area contributed by atoms with Crippen LogP contribution in [0.15, 0.2) is 12.1 Å². The molecule has 1 unspecified atom stereocenters. The van der Waals surface area contributed by atoms with E-state index in [9.17, 15) is 4.79 Å². The second-order valence-corrected chi connectivity index (χ2v) is 5.58. The molecular formula is C12H22BNO4. The Labute approximate surface area is 109 Å². The number of rotatable bonds is 4. The van der Waals surface area contributed by atoms with Gasteiger partial charge in [-0.25, -0.2) is 0 Å². The predicted molar refractivity (Wildman–Crippen MR) is 69.8 cm³/mol. The van der Waals surface area contributed by atoms with Crippen molar-refractivity contribution in [3.63, 3.8) is 0 Å². The normalized spacial score (nSPS) is 22.7. The molecule has 0 aromatic rings. The molecule has 6 heteroatoms. The third-order valence-electron chi connectivity index (χ3n) is 3.57. The van der Waals surface area contributed by atoms with E-state index >= 15 is 0 Å². The summed E-state index contributed by atoms with van der Waals surface area (Å²) in [7, 11) is 0.769. The Hall–Kier alpha value is -0.845. The van der Waals surface area contributed by atoms with Crippen LogP contribution in [-0.4, -0.2) is 37.4 Å². The van der Waals surface area contributed by atoms with Gasteiger partial charge in [0.25, 0.3) is 0 Å². The van der Waals surface area contributed by atoms with E-state index in [0.717, 1.165) is 0 Å². The number of carbonyl (C=O) groups is 1. The molecule has 0 bridgehead atoms. The quantitative estimate of drug-likeness (QED) is 0.600. The van der Waals surface area contributed by atoms with Gasteiger partial charge in [0.1, 0.15) is 6.04 Å². The van der Waals surface area contributed by atoms with E-state index in [-0.39, 0.29) is 6.42 Å². The summed E-state index contributed by atoms with van der Waals surface area (Å²) >= 11 is 0. The van der Waals surface area contributed by atoms with Gasteiger partial charge in [0.2, 0.25) is 0 Å². The Bertz CT molecular complexity index is 338. The van der Waals surface area contributed by atoms with Crippen molar-refractivity contribution in [3.8, 4) is 0 Å². The second kappa shape index (κ2) is 5.03. The average molecular weight is 255 g/mol. The fraction of sp³-hybridized carbons (Fsp3) is 0.750. The number of esters is 1.